The second-order valence-electron chi connectivity index (χ2n) is 19.9. The normalized spacial score (nSPS) is 15.2. The summed E-state index contributed by atoms with van der Waals surface area (Å²) in [6.07, 6.45) is 0.454. The molecule has 10 atom stereocenters. The van der Waals surface area contributed by atoms with Gasteiger partial charge in [0.15, 0.2) is 11.9 Å². The molecular weight excluding hydrogens is 965 g/mol. The minimum absolute atomic E-state index is 0.0249. The van der Waals surface area contributed by atoms with Crippen LogP contribution in [-0.2, 0) is 47.9 Å². The Labute approximate surface area is 434 Å². The number of hydrogen-bond donors (Lipinski definition) is 15. The molecule has 0 aromatic rings. The Morgan fingerprint density at radius 2 is 0.743 bits per heavy atom. The van der Waals surface area contributed by atoms with Gasteiger partial charge in [-0.25, -0.2) is 0 Å². The van der Waals surface area contributed by atoms with Crippen LogP contribution in [0.1, 0.15) is 133 Å². The Hall–Kier alpha value is -6.80. The first-order chi connectivity index (χ1) is 34.4. The average Bonchev–Trinajstić information content (AvgIpc) is 3.29. The lowest BCUT2D eigenvalue weighted by Crippen LogP contribution is -2.60. The highest BCUT2D eigenvalue weighted by Crippen LogP contribution is 2.13. The molecule has 0 rings (SSSR count). The molecule has 27 nitrogen and oxygen atoms in total. The highest BCUT2D eigenvalue weighted by molar-refractivity contribution is 5.98. The Balaban J connectivity index is 6.72. The van der Waals surface area contributed by atoms with Crippen LogP contribution in [0.3, 0.4) is 0 Å². The topological polar surface area (TPSA) is 468 Å². The fourth-order valence-electron chi connectivity index (χ4n) is 7.13. The zero-order chi connectivity index (χ0) is 57.0. The maximum absolute atomic E-state index is 14.2. The fourth-order valence-corrected chi connectivity index (χ4v) is 7.13. The molecule has 0 saturated carbocycles. The van der Waals surface area contributed by atoms with Crippen LogP contribution < -0.4 is 76.9 Å². The maximum Gasteiger partial charge on any atom is 0.325 e. The molecule has 0 fully saturated rings. The number of amides is 9. The van der Waals surface area contributed by atoms with Crippen LogP contribution in [-0.4, -0.2) is 144 Å². The van der Waals surface area contributed by atoms with Crippen molar-refractivity contribution in [3.63, 3.8) is 0 Å². The number of carboxylic acids is 1. The first-order valence-corrected chi connectivity index (χ1v) is 25.2. The van der Waals surface area contributed by atoms with E-state index >= 15 is 0 Å². The zero-order valence-corrected chi connectivity index (χ0v) is 44.9. The number of carbonyl (C=O) groups is 10. The smallest absolute Gasteiger partial charge is 0.325 e. The van der Waals surface area contributed by atoms with Gasteiger partial charge < -0.3 is 82.0 Å². The number of guanidine groups is 2. The number of carboxylic acid groups (broad SMARTS) is 1. The van der Waals surface area contributed by atoms with Crippen molar-refractivity contribution in [1.29, 1.82) is 0 Å². The van der Waals surface area contributed by atoms with Crippen LogP contribution in [0.25, 0.3) is 0 Å². The first-order valence-electron chi connectivity index (χ1n) is 25.2. The van der Waals surface area contributed by atoms with E-state index in [-0.39, 0.29) is 100 Å². The molecule has 0 spiro atoms. The molecule has 0 saturated heterocycles. The van der Waals surface area contributed by atoms with Crippen molar-refractivity contribution in [2.75, 3.05) is 13.1 Å². The van der Waals surface area contributed by atoms with Crippen molar-refractivity contribution >= 4 is 71.1 Å². The SMILES string of the molecule is CC[C@H](C)[C@H](N)C(=O)N[C@@H](CCCN=C(N)N)C(=O)N[C@@H](C)C(=O)N[C@@H](CC(C)C)C(=O)N[C@@H](CCC(N)=O)C(=O)N[C@@H](CCCN=C(N)N)C(=O)N[C@@H](CC(C)C)C(=O)N[C@@H](CC(C)C)C(=O)N[C@@H](C)C(=O)O. The molecule has 0 bridgehead atoms. The summed E-state index contributed by atoms with van der Waals surface area (Å²) < 4.78 is 0. The third-order valence-corrected chi connectivity index (χ3v) is 11.5. The summed E-state index contributed by atoms with van der Waals surface area (Å²) in [6, 6.07) is -11.3. The van der Waals surface area contributed by atoms with Crippen LogP contribution >= 0.6 is 0 Å². The van der Waals surface area contributed by atoms with Gasteiger partial charge in [-0.3, -0.25) is 57.9 Å². The largest absolute Gasteiger partial charge is 0.480 e. The highest BCUT2D eigenvalue weighted by atomic mass is 16.4. The standard InChI is InChI=1S/C47H88N16O11/c1-11-26(8)36(49)44(72)60-29(14-12-18-54-46(50)51)38(66)56-27(9)37(65)61-33(21-24(4)5)42(70)59-31(16-17-35(48)64)40(68)58-30(15-13-19-55-47(52)53)39(67)62-34(22-25(6)7)43(71)63-32(20-23(2)3)41(69)57-28(10)45(73)74/h23-34,36H,11-22,49H2,1-10H3,(H2,48,64)(H,56,66)(H,57,69)(H,58,68)(H,59,70)(H,60,72)(H,61,65)(H,62,67)(H,63,71)(H,73,74)(H4,50,51,54)(H4,52,53,55)/t26-,27-,28-,29-,30-,31-,32-,33-,34-,36-/m0/s1. The molecule has 0 aliphatic heterocycles. The fraction of sp³-hybridized carbons (Fsp3) is 0.745. The number of nitrogens with one attached hydrogen (secondary N) is 8. The van der Waals surface area contributed by atoms with E-state index in [9.17, 15) is 53.1 Å². The monoisotopic (exact) mass is 1050 g/mol. The Morgan fingerprint density at radius 1 is 0.432 bits per heavy atom. The summed E-state index contributed by atoms with van der Waals surface area (Å²) in [4.78, 5) is 141. The number of rotatable bonds is 36. The Morgan fingerprint density at radius 3 is 1.09 bits per heavy atom. The van der Waals surface area contributed by atoms with Gasteiger partial charge in [-0.15, -0.1) is 0 Å². The lowest BCUT2D eigenvalue weighted by molar-refractivity contribution is -0.142. The number of primary amides is 1. The van der Waals surface area contributed by atoms with Crippen molar-refractivity contribution in [2.24, 2.45) is 68.1 Å². The van der Waals surface area contributed by atoms with Gasteiger partial charge in [0.2, 0.25) is 53.2 Å². The maximum atomic E-state index is 14.2. The second kappa shape index (κ2) is 34.6. The molecule has 0 aliphatic carbocycles. The molecule has 0 heterocycles. The van der Waals surface area contributed by atoms with Gasteiger partial charge in [-0.1, -0.05) is 61.8 Å². The van der Waals surface area contributed by atoms with E-state index in [4.69, 9.17) is 34.4 Å². The highest BCUT2D eigenvalue weighted by Gasteiger charge is 2.35. The predicted octanol–water partition coefficient (Wildman–Crippen LogP) is -3.13. The van der Waals surface area contributed by atoms with Gasteiger partial charge in [-0.2, -0.15) is 0 Å². The van der Waals surface area contributed by atoms with E-state index in [1.165, 1.54) is 13.8 Å². The van der Waals surface area contributed by atoms with E-state index in [2.05, 4.69) is 52.5 Å². The van der Waals surface area contributed by atoms with Gasteiger partial charge in [0.1, 0.15) is 48.3 Å². The molecule has 0 radical (unpaired) electrons. The molecule has 0 aliphatic rings. The summed E-state index contributed by atoms with van der Waals surface area (Å²) in [5, 5.41) is 30.0. The van der Waals surface area contributed by atoms with E-state index in [1.54, 1.807) is 48.5 Å². The number of aliphatic carboxylic acids is 1. The van der Waals surface area contributed by atoms with Crippen LogP contribution in [0.4, 0.5) is 0 Å². The van der Waals surface area contributed by atoms with E-state index in [1.807, 2.05) is 6.92 Å². The number of nitrogens with two attached hydrogens (primary N) is 6. The molecule has 27 heteroatoms. The third kappa shape index (κ3) is 27.9. The lowest BCUT2D eigenvalue weighted by Gasteiger charge is -2.28. The van der Waals surface area contributed by atoms with Gasteiger partial charge in [-0.05, 0) is 88.9 Å². The van der Waals surface area contributed by atoms with Crippen molar-refractivity contribution in [1.82, 2.24) is 42.5 Å². The van der Waals surface area contributed by atoms with Gasteiger partial charge in [0, 0.05) is 19.5 Å². The second-order valence-corrected chi connectivity index (χ2v) is 19.9. The summed E-state index contributed by atoms with van der Waals surface area (Å²) in [5.74, 6) is -9.50. The molecule has 21 N–H and O–H groups in total. The first kappa shape index (κ1) is 67.2. The van der Waals surface area contributed by atoms with Crippen molar-refractivity contribution in [3.8, 4) is 0 Å². The van der Waals surface area contributed by atoms with Crippen molar-refractivity contribution in [2.45, 2.75) is 188 Å². The molecule has 0 aromatic heterocycles. The van der Waals surface area contributed by atoms with Crippen molar-refractivity contribution in [3.05, 3.63) is 0 Å². The van der Waals surface area contributed by atoms with Gasteiger partial charge in [0.05, 0.1) is 6.04 Å². The number of aliphatic imine (C=N–C) groups is 2. The van der Waals surface area contributed by atoms with Crippen LogP contribution in [0.15, 0.2) is 9.98 Å². The summed E-state index contributed by atoms with van der Waals surface area (Å²) >= 11 is 0. The quantitative estimate of drug-likeness (QED) is 0.0168. The molecule has 422 valence electrons. The Bertz CT molecular complexity index is 1940. The number of nitrogens with zero attached hydrogens (tertiary/aromatic N) is 2. The van der Waals surface area contributed by atoms with Gasteiger partial charge >= 0.3 is 5.97 Å². The Kier molecular flexibility index (Phi) is 31.4. The van der Waals surface area contributed by atoms with Gasteiger partial charge in [0.25, 0.3) is 0 Å². The van der Waals surface area contributed by atoms with E-state index in [0.29, 0.717) is 6.42 Å². The summed E-state index contributed by atoms with van der Waals surface area (Å²) in [7, 11) is 0. The predicted molar refractivity (Wildman–Crippen MR) is 278 cm³/mol. The summed E-state index contributed by atoms with van der Waals surface area (Å²) in [5.41, 5.74) is 33.4. The minimum atomic E-state index is -1.52. The van der Waals surface area contributed by atoms with Crippen LogP contribution in [0.2, 0.25) is 0 Å². The molecule has 74 heavy (non-hydrogen) atoms. The van der Waals surface area contributed by atoms with Crippen LogP contribution in [0, 0.1) is 23.7 Å². The molecule has 9 amide bonds. The van der Waals surface area contributed by atoms with Crippen molar-refractivity contribution < 1.29 is 53.1 Å². The number of hydrogen-bond acceptors (Lipinski definition) is 13. The molecule has 0 aromatic carbocycles. The third-order valence-electron chi connectivity index (χ3n) is 11.5. The molecular formula is C47H88N16O11. The summed E-state index contributed by atoms with van der Waals surface area (Å²) in [6.45, 7) is 17.2. The minimum Gasteiger partial charge on any atom is -0.480 e. The van der Waals surface area contributed by atoms with E-state index in [0.717, 1.165) is 0 Å². The lowest BCUT2D eigenvalue weighted by atomic mass is 9.98. The average molecular weight is 1050 g/mol. The zero-order valence-electron chi connectivity index (χ0n) is 44.9. The number of carbonyl (C=O) groups excluding carboxylic acids is 9. The van der Waals surface area contributed by atoms with Crippen LogP contribution in [0.5, 0.6) is 0 Å². The molecule has 0 unspecified atom stereocenters. The van der Waals surface area contributed by atoms with E-state index < -0.39 is 120 Å².